The minimum Gasteiger partial charge on any atom is -0.308 e. The number of hydrogen-bond donors (Lipinski definition) is 2. The highest BCUT2D eigenvalue weighted by Crippen LogP contribution is 2.21. The predicted molar refractivity (Wildman–Crippen MR) is 82.1 cm³/mol. The van der Waals surface area contributed by atoms with Crippen LogP contribution in [0.25, 0.3) is 0 Å². The molecule has 118 valence electrons. The Bertz CT molecular complexity index is 560. The lowest BCUT2D eigenvalue weighted by Gasteiger charge is -2.27. The van der Waals surface area contributed by atoms with Crippen LogP contribution in [0.3, 0.4) is 0 Å². The zero-order valence-electron chi connectivity index (χ0n) is 12.5. The van der Waals surface area contributed by atoms with Crippen molar-refractivity contribution in [1.82, 2.24) is 14.2 Å². The first-order valence-corrected chi connectivity index (χ1v) is 8.56. The van der Waals surface area contributed by atoms with Crippen molar-refractivity contribution in [2.75, 3.05) is 32.1 Å². The summed E-state index contributed by atoms with van der Waals surface area (Å²) in [7, 11) is -1.89. The van der Waals surface area contributed by atoms with E-state index in [0.717, 1.165) is 25.9 Å². The molecule has 0 radical (unpaired) electrons. The SMILES string of the molecule is CCN1CCCC1CN(C)S(=O)(=O)c1ccc(NN)nc1. The second kappa shape index (κ2) is 6.69. The number of rotatable bonds is 6. The van der Waals surface area contributed by atoms with Crippen molar-refractivity contribution in [1.29, 1.82) is 0 Å². The molecule has 0 saturated carbocycles. The Balaban J connectivity index is 2.10. The average Bonchev–Trinajstić information content (AvgIpc) is 2.94. The normalized spacial score (nSPS) is 20.1. The molecule has 1 atom stereocenters. The average molecular weight is 313 g/mol. The van der Waals surface area contributed by atoms with Gasteiger partial charge in [-0.1, -0.05) is 6.92 Å². The fourth-order valence-electron chi connectivity index (χ4n) is 2.71. The second-order valence-corrected chi connectivity index (χ2v) is 7.28. The molecule has 3 N–H and O–H groups in total. The Hall–Kier alpha value is -1.22. The molecule has 1 aliphatic heterocycles. The third-order valence-corrected chi connectivity index (χ3v) is 5.77. The van der Waals surface area contributed by atoms with Crippen molar-refractivity contribution in [3.8, 4) is 0 Å². The summed E-state index contributed by atoms with van der Waals surface area (Å²) in [6.07, 6.45) is 3.50. The Labute approximate surface area is 126 Å². The van der Waals surface area contributed by atoms with Gasteiger partial charge in [0.05, 0.1) is 0 Å². The molecule has 0 aromatic carbocycles. The zero-order valence-corrected chi connectivity index (χ0v) is 13.3. The molecule has 7 nitrogen and oxygen atoms in total. The number of aromatic nitrogens is 1. The zero-order chi connectivity index (χ0) is 15.5. The monoisotopic (exact) mass is 313 g/mol. The topological polar surface area (TPSA) is 91.6 Å². The van der Waals surface area contributed by atoms with Crippen LogP contribution in [-0.2, 0) is 10.0 Å². The summed E-state index contributed by atoms with van der Waals surface area (Å²) in [4.78, 5) is 6.47. The number of nitrogens with one attached hydrogen (secondary N) is 1. The molecule has 8 heteroatoms. The van der Waals surface area contributed by atoms with Crippen LogP contribution in [0, 0.1) is 0 Å². The third-order valence-electron chi connectivity index (χ3n) is 3.97. The maximum absolute atomic E-state index is 12.5. The second-order valence-electron chi connectivity index (χ2n) is 5.23. The van der Waals surface area contributed by atoms with Crippen LogP contribution in [-0.4, -0.2) is 55.3 Å². The van der Waals surface area contributed by atoms with E-state index in [1.54, 1.807) is 13.1 Å². The molecule has 1 aliphatic rings. The van der Waals surface area contributed by atoms with Crippen LogP contribution in [0.4, 0.5) is 5.82 Å². The summed E-state index contributed by atoms with van der Waals surface area (Å²) in [5, 5.41) is 0. The number of nitrogens with zero attached hydrogens (tertiary/aromatic N) is 3. The molecule has 0 amide bonds. The maximum atomic E-state index is 12.5. The van der Waals surface area contributed by atoms with E-state index in [-0.39, 0.29) is 4.90 Å². The molecule has 1 aromatic heterocycles. The number of hydrazine groups is 1. The molecule has 1 unspecified atom stereocenters. The van der Waals surface area contributed by atoms with Gasteiger partial charge in [0.1, 0.15) is 10.7 Å². The molecule has 1 aromatic rings. The van der Waals surface area contributed by atoms with Gasteiger partial charge < -0.3 is 5.43 Å². The molecule has 0 bridgehead atoms. The van der Waals surface area contributed by atoms with E-state index in [9.17, 15) is 8.42 Å². The van der Waals surface area contributed by atoms with Gasteiger partial charge >= 0.3 is 0 Å². The van der Waals surface area contributed by atoms with Gasteiger partial charge in [0.25, 0.3) is 0 Å². The van der Waals surface area contributed by atoms with Crippen LogP contribution < -0.4 is 11.3 Å². The quantitative estimate of drug-likeness (QED) is 0.586. The molecule has 2 rings (SSSR count). The Morgan fingerprint density at radius 1 is 1.52 bits per heavy atom. The fraction of sp³-hybridized carbons (Fsp3) is 0.615. The molecule has 0 spiro atoms. The number of sulfonamides is 1. The molecule has 2 heterocycles. The number of pyridine rings is 1. The van der Waals surface area contributed by atoms with Crippen molar-refractivity contribution < 1.29 is 8.42 Å². The first kappa shape index (κ1) is 16.2. The lowest BCUT2D eigenvalue weighted by atomic mass is 10.2. The van der Waals surface area contributed by atoms with Gasteiger partial charge in [-0.2, -0.15) is 4.31 Å². The highest BCUT2D eigenvalue weighted by atomic mass is 32.2. The van der Waals surface area contributed by atoms with Crippen LogP contribution in [0.5, 0.6) is 0 Å². The largest absolute Gasteiger partial charge is 0.308 e. The van der Waals surface area contributed by atoms with Crippen LogP contribution in [0.15, 0.2) is 23.2 Å². The van der Waals surface area contributed by atoms with Gasteiger partial charge in [-0.3, -0.25) is 4.90 Å². The minimum atomic E-state index is -3.51. The summed E-state index contributed by atoms with van der Waals surface area (Å²) in [5.41, 5.74) is 2.38. The van der Waals surface area contributed by atoms with E-state index in [1.807, 2.05) is 0 Å². The van der Waals surface area contributed by atoms with Crippen molar-refractivity contribution >= 4 is 15.8 Å². The molecular formula is C13H23N5O2S. The standard InChI is InChI=1S/C13H23N5O2S/c1-3-18-8-4-5-11(18)10-17(2)21(19,20)12-6-7-13(16-14)15-9-12/h6-7,9,11H,3-5,8,10,14H2,1-2H3,(H,15,16). The van der Waals surface area contributed by atoms with E-state index >= 15 is 0 Å². The van der Waals surface area contributed by atoms with Gasteiger partial charge in [0.2, 0.25) is 10.0 Å². The van der Waals surface area contributed by atoms with Gasteiger partial charge in [0, 0.05) is 25.8 Å². The van der Waals surface area contributed by atoms with Gasteiger partial charge in [-0.25, -0.2) is 19.2 Å². The number of likely N-dealkylation sites (N-methyl/N-ethyl adjacent to an activating group) is 2. The van der Waals surface area contributed by atoms with Crippen molar-refractivity contribution in [2.45, 2.75) is 30.7 Å². The predicted octanol–water partition coefficient (Wildman–Crippen LogP) is 0.472. The van der Waals surface area contributed by atoms with E-state index in [4.69, 9.17) is 5.84 Å². The van der Waals surface area contributed by atoms with Gasteiger partial charge in [0.15, 0.2) is 0 Å². The highest BCUT2D eigenvalue weighted by Gasteiger charge is 2.29. The Morgan fingerprint density at radius 2 is 2.29 bits per heavy atom. The number of hydrogen-bond acceptors (Lipinski definition) is 6. The summed E-state index contributed by atoms with van der Waals surface area (Å²) < 4.78 is 26.5. The van der Waals surface area contributed by atoms with Crippen molar-refractivity contribution in [3.63, 3.8) is 0 Å². The summed E-state index contributed by atoms with van der Waals surface area (Å²) in [6.45, 7) is 4.62. The van der Waals surface area contributed by atoms with E-state index in [2.05, 4.69) is 22.2 Å². The van der Waals surface area contributed by atoms with Gasteiger partial charge in [-0.15, -0.1) is 0 Å². The molecule has 1 saturated heterocycles. The van der Waals surface area contributed by atoms with E-state index < -0.39 is 10.0 Å². The number of nitrogens with two attached hydrogens (primary N) is 1. The first-order valence-electron chi connectivity index (χ1n) is 7.12. The Kier molecular flexibility index (Phi) is 5.15. The van der Waals surface area contributed by atoms with Crippen LogP contribution >= 0.6 is 0 Å². The molecule has 0 aliphatic carbocycles. The lowest BCUT2D eigenvalue weighted by Crippen LogP contribution is -2.41. The summed E-state index contributed by atoms with van der Waals surface area (Å²) in [5.74, 6) is 5.67. The number of nitrogen functional groups attached to an aromatic ring is 1. The van der Waals surface area contributed by atoms with Crippen LogP contribution in [0.1, 0.15) is 19.8 Å². The van der Waals surface area contributed by atoms with E-state index in [0.29, 0.717) is 18.4 Å². The van der Waals surface area contributed by atoms with Crippen molar-refractivity contribution in [3.05, 3.63) is 18.3 Å². The van der Waals surface area contributed by atoms with Gasteiger partial charge in [-0.05, 0) is 38.1 Å². The maximum Gasteiger partial charge on any atom is 0.244 e. The van der Waals surface area contributed by atoms with Crippen molar-refractivity contribution in [2.24, 2.45) is 5.84 Å². The lowest BCUT2D eigenvalue weighted by molar-refractivity contribution is 0.237. The van der Waals surface area contributed by atoms with E-state index in [1.165, 1.54) is 16.6 Å². The first-order chi connectivity index (χ1) is 9.98. The minimum absolute atomic E-state index is 0.185. The number of likely N-dealkylation sites (tertiary alicyclic amines) is 1. The van der Waals surface area contributed by atoms with Crippen LogP contribution in [0.2, 0.25) is 0 Å². The fourth-order valence-corrected chi connectivity index (χ4v) is 3.87. The summed E-state index contributed by atoms with van der Waals surface area (Å²) in [6, 6.07) is 3.36. The third kappa shape index (κ3) is 3.52. The summed E-state index contributed by atoms with van der Waals surface area (Å²) >= 11 is 0. The molecule has 1 fully saturated rings. The molecule has 21 heavy (non-hydrogen) atoms. The highest BCUT2D eigenvalue weighted by molar-refractivity contribution is 7.89. The number of anilines is 1. The smallest absolute Gasteiger partial charge is 0.244 e. The Morgan fingerprint density at radius 3 is 2.86 bits per heavy atom. The molecular weight excluding hydrogens is 290 g/mol.